The van der Waals surface area contributed by atoms with Crippen molar-refractivity contribution in [3.05, 3.63) is 69.0 Å². The molecule has 6 heteroatoms. The molecule has 0 atom stereocenters. The van der Waals surface area contributed by atoms with E-state index in [1.807, 2.05) is 12.1 Å². The molecule has 0 aliphatic carbocycles. The lowest BCUT2D eigenvalue weighted by Gasteiger charge is -2.13. The number of fused-ring (bicyclic) bond motifs is 2. The average molecular weight is 526 g/mol. The Bertz CT molecular complexity index is 1300. The lowest BCUT2D eigenvalue weighted by atomic mass is 10.1. The molecule has 2 aromatic carbocycles. The van der Waals surface area contributed by atoms with E-state index in [0.717, 1.165) is 47.1 Å². The van der Waals surface area contributed by atoms with Crippen LogP contribution in [0.25, 0.3) is 21.8 Å². The normalized spacial score (nSPS) is 11.4. The maximum Gasteiger partial charge on any atom is 0.218 e. The summed E-state index contributed by atoms with van der Waals surface area (Å²) in [6.07, 6.45) is 4.70. The van der Waals surface area contributed by atoms with Crippen molar-refractivity contribution in [2.24, 2.45) is 14.1 Å². The molecule has 4 aromatic rings. The van der Waals surface area contributed by atoms with Crippen molar-refractivity contribution in [1.82, 2.24) is 0 Å². The maximum absolute atomic E-state index is 6.40. The quantitative estimate of drug-likeness (QED) is 0.178. The van der Waals surface area contributed by atoms with E-state index in [1.165, 1.54) is 57.4 Å². The molecule has 0 spiro atoms. The van der Waals surface area contributed by atoms with E-state index in [-0.39, 0.29) is 0 Å². The Morgan fingerprint density at radius 1 is 0.611 bits per heavy atom. The van der Waals surface area contributed by atoms with Gasteiger partial charge >= 0.3 is 0 Å². The van der Waals surface area contributed by atoms with Gasteiger partial charge in [-0.25, -0.2) is 0 Å². The Labute approximate surface area is 225 Å². The predicted octanol–water partition coefficient (Wildman–Crippen LogP) is 7.27. The number of aromatic nitrogens is 2. The van der Waals surface area contributed by atoms with Crippen molar-refractivity contribution >= 4 is 56.4 Å². The fourth-order valence-electron chi connectivity index (χ4n) is 5.11. The van der Waals surface area contributed by atoms with Crippen LogP contribution in [0.2, 0.25) is 10.0 Å². The highest BCUT2D eigenvalue weighted by molar-refractivity contribution is 6.32. The highest BCUT2D eigenvalue weighted by Gasteiger charge is 2.18. The highest BCUT2D eigenvalue weighted by atomic mass is 35.5. The molecule has 2 heterocycles. The van der Waals surface area contributed by atoms with Crippen molar-refractivity contribution in [2.75, 3.05) is 23.7 Å². The average Bonchev–Trinajstić information content (AvgIpc) is 2.85. The molecule has 0 bridgehead atoms. The van der Waals surface area contributed by atoms with Gasteiger partial charge in [-0.1, -0.05) is 36.0 Å². The summed E-state index contributed by atoms with van der Waals surface area (Å²) >= 11 is 12.8. The van der Waals surface area contributed by atoms with Gasteiger partial charge in [-0.2, -0.15) is 9.13 Å². The minimum absolute atomic E-state index is 0.815. The maximum atomic E-state index is 6.40. The van der Waals surface area contributed by atoms with E-state index < -0.39 is 0 Å². The molecule has 0 saturated heterocycles. The van der Waals surface area contributed by atoms with Crippen LogP contribution in [0.3, 0.4) is 0 Å². The molecule has 190 valence electrons. The largest absolute Gasteiger partial charge is 0.384 e. The molecule has 2 aromatic heterocycles. The standard InChI is InChI=1S/C30H36Cl2N4/c1-19-17-27(23-11-13-25(31)21(3)29(23)35(19)5)33-15-9-7-8-10-16-34-28-18-20(2)36(6)30-22(4)26(32)14-12-24(28)30/h11-14,17-18H,7-10,15-16H2,1-6H3/p+2. The summed E-state index contributed by atoms with van der Waals surface area (Å²) in [6.45, 7) is 10.4. The smallest absolute Gasteiger partial charge is 0.218 e. The summed E-state index contributed by atoms with van der Waals surface area (Å²) in [5.74, 6) is 0. The van der Waals surface area contributed by atoms with Crippen LogP contribution in [0, 0.1) is 27.7 Å². The van der Waals surface area contributed by atoms with Crippen LogP contribution < -0.4 is 19.8 Å². The van der Waals surface area contributed by atoms with Crippen molar-refractivity contribution in [3.63, 3.8) is 0 Å². The van der Waals surface area contributed by atoms with Crippen molar-refractivity contribution < 1.29 is 9.13 Å². The molecule has 0 aliphatic heterocycles. The minimum atomic E-state index is 0.815. The topological polar surface area (TPSA) is 31.8 Å². The number of hydrogen-bond acceptors (Lipinski definition) is 2. The SMILES string of the molecule is Cc1c(Cl)ccc2c(NCCCCCCNc3cc(C)[n+](C)c4c(C)c(Cl)ccc34)cc(C)[n+](C)c12. The van der Waals surface area contributed by atoms with Crippen LogP contribution in [0.5, 0.6) is 0 Å². The molecule has 36 heavy (non-hydrogen) atoms. The van der Waals surface area contributed by atoms with E-state index in [1.54, 1.807) is 0 Å². The number of hydrogen-bond donors (Lipinski definition) is 2. The van der Waals surface area contributed by atoms with E-state index in [9.17, 15) is 0 Å². The van der Waals surface area contributed by atoms with Gasteiger partial charge in [0.15, 0.2) is 11.4 Å². The molecule has 4 nitrogen and oxygen atoms in total. The number of nitrogens with one attached hydrogen (secondary N) is 2. The first-order chi connectivity index (χ1) is 17.2. The molecule has 0 amide bonds. The predicted molar refractivity (Wildman–Crippen MR) is 155 cm³/mol. The van der Waals surface area contributed by atoms with Crippen LogP contribution >= 0.6 is 23.2 Å². The molecule has 0 unspecified atom stereocenters. The summed E-state index contributed by atoms with van der Waals surface area (Å²) in [5.41, 5.74) is 9.48. The molecule has 4 rings (SSSR count). The fraction of sp³-hybridized carbons (Fsp3) is 0.400. The minimum Gasteiger partial charge on any atom is -0.384 e. The molecule has 2 N–H and O–H groups in total. The monoisotopic (exact) mass is 524 g/mol. The number of anilines is 2. The summed E-state index contributed by atoms with van der Waals surface area (Å²) < 4.78 is 4.45. The second-order valence-corrected chi connectivity index (χ2v) is 10.7. The third kappa shape index (κ3) is 5.26. The molecular formula is C30H38Cl2N4+2. The Morgan fingerprint density at radius 3 is 1.39 bits per heavy atom. The van der Waals surface area contributed by atoms with E-state index in [0.29, 0.717) is 0 Å². The van der Waals surface area contributed by atoms with Crippen LogP contribution in [0.4, 0.5) is 11.4 Å². The number of aryl methyl sites for hydroxylation is 6. The van der Waals surface area contributed by atoms with Gasteiger partial charge in [-0.3, -0.25) is 0 Å². The third-order valence-corrected chi connectivity index (χ3v) is 8.30. The van der Waals surface area contributed by atoms with Gasteiger partial charge in [0, 0.05) is 50.2 Å². The number of rotatable bonds is 9. The van der Waals surface area contributed by atoms with Gasteiger partial charge in [0.05, 0.1) is 32.2 Å². The summed E-state index contributed by atoms with van der Waals surface area (Å²) in [4.78, 5) is 0. The van der Waals surface area contributed by atoms with Crippen LogP contribution in [0.15, 0.2) is 36.4 Å². The Kier molecular flexibility index (Phi) is 8.27. The van der Waals surface area contributed by atoms with Crippen LogP contribution in [-0.4, -0.2) is 13.1 Å². The zero-order chi connectivity index (χ0) is 26.0. The first-order valence-corrected chi connectivity index (χ1v) is 13.6. The highest BCUT2D eigenvalue weighted by Crippen LogP contribution is 2.30. The first-order valence-electron chi connectivity index (χ1n) is 12.8. The molecule has 0 saturated carbocycles. The van der Waals surface area contributed by atoms with Gasteiger partial charge in [-0.15, -0.1) is 0 Å². The van der Waals surface area contributed by atoms with E-state index in [2.05, 4.69) is 85.8 Å². The fourth-order valence-corrected chi connectivity index (χ4v) is 5.42. The number of nitrogens with zero attached hydrogens (tertiary/aromatic N) is 2. The van der Waals surface area contributed by atoms with Crippen LogP contribution in [0.1, 0.15) is 48.2 Å². The lowest BCUT2D eigenvalue weighted by molar-refractivity contribution is -0.651. The number of benzene rings is 2. The molecule has 0 aliphatic rings. The van der Waals surface area contributed by atoms with Gasteiger partial charge < -0.3 is 10.6 Å². The van der Waals surface area contributed by atoms with Gasteiger partial charge in [0.2, 0.25) is 11.0 Å². The first kappa shape index (κ1) is 26.5. The van der Waals surface area contributed by atoms with Gasteiger partial charge in [0.1, 0.15) is 14.1 Å². The Hall–Kier alpha value is -2.56. The zero-order valence-corrected chi connectivity index (χ0v) is 23.9. The van der Waals surface area contributed by atoms with Crippen molar-refractivity contribution in [3.8, 4) is 0 Å². The Balaban J connectivity index is 1.29. The summed E-state index contributed by atoms with van der Waals surface area (Å²) in [6, 6.07) is 12.7. The molecular weight excluding hydrogens is 487 g/mol. The number of unbranched alkanes of at least 4 members (excludes halogenated alkanes) is 3. The van der Waals surface area contributed by atoms with E-state index >= 15 is 0 Å². The Morgan fingerprint density at radius 2 is 1.00 bits per heavy atom. The second-order valence-electron chi connectivity index (χ2n) is 9.92. The summed E-state index contributed by atoms with van der Waals surface area (Å²) in [7, 11) is 4.21. The van der Waals surface area contributed by atoms with Crippen molar-refractivity contribution in [1.29, 1.82) is 0 Å². The third-order valence-electron chi connectivity index (χ3n) is 7.48. The molecule has 0 radical (unpaired) electrons. The van der Waals surface area contributed by atoms with Crippen molar-refractivity contribution in [2.45, 2.75) is 53.4 Å². The molecule has 0 fully saturated rings. The van der Waals surface area contributed by atoms with E-state index in [4.69, 9.17) is 23.2 Å². The van der Waals surface area contributed by atoms with Gasteiger partial charge in [-0.05, 0) is 51.0 Å². The summed E-state index contributed by atoms with van der Waals surface area (Å²) in [5, 5.41) is 11.4. The zero-order valence-electron chi connectivity index (χ0n) is 22.4. The van der Waals surface area contributed by atoms with Gasteiger partial charge in [0.25, 0.3) is 0 Å². The lowest BCUT2D eigenvalue weighted by Crippen LogP contribution is -2.34. The van der Waals surface area contributed by atoms with Crippen LogP contribution in [-0.2, 0) is 14.1 Å². The second kappa shape index (κ2) is 11.2. The number of pyridine rings is 2. The number of halogens is 2.